The van der Waals surface area contributed by atoms with E-state index in [-0.39, 0.29) is 23.9 Å². The van der Waals surface area contributed by atoms with E-state index in [1.165, 1.54) is 10.4 Å². The van der Waals surface area contributed by atoms with Crippen molar-refractivity contribution in [3.05, 3.63) is 54.1 Å². The lowest BCUT2D eigenvalue weighted by atomic mass is 10.2. The van der Waals surface area contributed by atoms with Crippen molar-refractivity contribution in [1.82, 2.24) is 9.21 Å². The number of rotatable bonds is 8. The number of carbonyl (C=O) groups excluding carboxylic acids is 1. The zero-order chi connectivity index (χ0) is 23.1. The number of benzene rings is 2. The number of amides is 1. The first kappa shape index (κ1) is 23.6. The number of hydrogen-bond donors (Lipinski definition) is 0. The molecule has 0 radical (unpaired) electrons. The van der Waals surface area contributed by atoms with E-state index in [1.807, 2.05) is 6.92 Å². The highest BCUT2D eigenvalue weighted by Crippen LogP contribution is 2.24. The van der Waals surface area contributed by atoms with Crippen LogP contribution < -0.4 is 14.2 Å². The second-order valence-corrected chi connectivity index (χ2v) is 9.05. The molecule has 0 atom stereocenters. The molecular weight excluding hydrogens is 432 g/mol. The monoisotopic (exact) mass is 460 g/mol. The average molecular weight is 461 g/mol. The number of ether oxygens (including phenoxy) is 3. The van der Waals surface area contributed by atoms with E-state index in [0.29, 0.717) is 36.9 Å². The van der Waals surface area contributed by atoms with Crippen LogP contribution in [0.25, 0.3) is 6.08 Å². The highest BCUT2D eigenvalue weighted by atomic mass is 32.2. The fourth-order valence-electron chi connectivity index (χ4n) is 3.37. The number of piperazine rings is 1. The number of carbonyl (C=O) groups is 1. The Morgan fingerprint density at radius 1 is 0.938 bits per heavy atom. The Hall–Kier alpha value is -3.04. The predicted octanol–water partition coefficient (Wildman–Crippen LogP) is 2.65. The van der Waals surface area contributed by atoms with Crippen molar-refractivity contribution >= 4 is 22.0 Å². The van der Waals surface area contributed by atoms with Gasteiger partial charge in [0, 0.05) is 38.3 Å². The highest BCUT2D eigenvalue weighted by Gasteiger charge is 2.29. The van der Waals surface area contributed by atoms with E-state index < -0.39 is 10.0 Å². The van der Waals surface area contributed by atoms with Crippen molar-refractivity contribution < 1.29 is 27.4 Å². The Morgan fingerprint density at radius 2 is 1.53 bits per heavy atom. The van der Waals surface area contributed by atoms with Crippen molar-refractivity contribution in [3.8, 4) is 17.2 Å². The van der Waals surface area contributed by atoms with E-state index in [9.17, 15) is 13.2 Å². The third-order valence-electron chi connectivity index (χ3n) is 5.11. The molecule has 3 rings (SSSR count). The normalized spacial score (nSPS) is 15.0. The van der Waals surface area contributed by atoms with Crippen LogP contribution in [0.2, 0.25) is 0 Å². The molecule has 0 aliphatic carbocycles. The minimum atomic E-state index is -3.62. The van der Waals surface area contributed by atoms with Crippen molar-refractivity contribution in [2.75, 3.05) is 47.0 Å². The summed E-state index contributed by atoms with van der Waals surface area (Å²) in [4.78, 5) is 14.5. The Bertz CT molecular complexity index is 1040. The van der Waals surface area contributed by atoms with E-state index in [2.05, 4.69) is 0 Å². The SMILES string of the molecule is CCOc1ccc(S(=O)(=O)N2CCN(C(=O)/C=C/c3cc(OC)cc(OC)c3)CC2)cc1. The Labute approximate surface area is 189 Å². The summed E-state index contributed by atoms with van der Waals surface area (Å²) in [7, 11) is -0.492. The van der Waals surface area contributed by atoms with Crippen LogP contribution in [-0.2, 0) is 14.8 Å². The molecule has 1 amide bonds. The maximum absolute atomic E-state index is 12.9. The van der Waals surface area contributed by atoms with Gasteiger partial charge in [0.25, 0.3) is 0 Å². The van der Waals surface area contributed by atoms with Crippen LogP contribution in [0.3, 0.4) is 0 Å². The molecule has 0 bridgehead atoms. The maximum Gasteiger partial charge on any atom is 0.246 e. The van der Waals surface area contributed by atoms with E-state index in [4.69, 9.17) is 14.2 Å². The summed E-state index contributed by atoms with van der Waals surface area (Å²) in [5.74, 6) is 1.71. The number of nitrogens with zero attached hydrogens (tertiary/aromatic N) is 2. The average Bonchev–Trinajstić information content (AvgIpc) is 2.83. The Balaban J connectivity index is 1.61. The first-order chi connectivity index (χ1) is 15.4. The van der Waals surface area contributed by atoms with Crippen LogP contribution in [0.1, 0.15) is 12.5 Å². The van der Waals surface area contributed by atoms with Gasteiger partial charge in [-0.1, -0.05) is 0 Å². The molecule has 2 aromatic carbocycles. The minimum Gasteiger partial charge on any atom is -0.497 e. The van der Waals surface area contributed by atoms with Gasteiger partial charge in [0.1, 0.15) is 17.2 Å². The smallest absolute Gasteiger partial charge is 0.246 e. The van der Waals surface area contributed by atoms with Crippen molar-refractivity contribution in [1.29, 1.82) is 0 Å². The molecule has 0 saturated carbocycles. The lowest BCUT2D eigenvalue weighted by Crippen LogP contribution is -2.50. The summed E-state index contributed by atoms with van der Waals surface area (Å²) in [6.45, 7) is 3.50. The topological polar surface area (TPSA) is 85.4 Å². The van der Waals surface area contributed by atoms with Gasteiger partial charge >= 0.3 is 0 Å². The summed E-state index contributed by atoms with van der Waals surface area (Å²) in [5, 5.41) is 0. The van der Waals surface area contributed by atoms with Crippen LogP contribution in [0, 0.1) is 0 Å². The molecule has 0 spiro atoms. The molecule has 1 saturated heterocycles. The quantitative estimate of drug-likeness (QED) is 0.563. The summed E-state index contributed by atoms with van der Waals surface area (Å²) in [6, 6.07) is 11.7. The minimum absolute atomic E-state index is 0.176. The number of hydrogen-bond acceptors (Lipinski definition) is 6. The largest absolute Gasteiger partial charge is 0.497 e. The third kappa shape index (κ3) is 5.60. The summed E-state index contributed by atoms with van der Waals surface area (Å²) in [6.07, 6.45) is 3.17. The van der Waals surface area contributed by atoms with Crippen LogP contribution in [-0.4, -0.2) is 70.5 Å². The van der Waals surface area contributed by atoms with Gasteiger partial charge in [-0.3, -0.25) is 4.79 Å². The van der Waals surface area contributed by atoms with Crippen molar-refractivity contribution in [3.63, 3.8) is 0 Å². The van der Waals surface area contributed by atoms with Crippen LogP contribution in [0.4, 0.5) is 0 Å². The maximum atomic E-state index is 12.9. The number of sulfonamides is 1. The van der Waals surface area contributed by atoms with Crippen LogP contribution >= 0.6 is 0 Å². The third-order valence-corrected chi connectivity index (χ3v) is 7.03. The second kappa shape index (κ2) is 10.5. The fraction of sp³-hybridized carbons (Fsp3) is 0.348. The molecule has 2 aromatic rings. The molecule has 0 aromatic heterocycles. The Kier molecular flexibility index (Phi) is 7.76. The van der Waals surface area contributed by atoms with Crippen LogP contribution in [0.15, 0.2) is 53.4 Å². The summed E-state index contributed by atoms with van der Waals surface area (Å²) >= 11 is 0. The highest BCUT2D eigenvalue weighted by molar-refractivity contribution is 7.89. The first-order valence-electron chi connectivity index (χ1n) is 10.3. The molecule has 8 nitrogen and oxygen atoms in total. The van der Waals surface area contributed by atoms with Gasteiger partial charge in [-0.25, -0.2) is 8.42 Å². The van der Waals surface area contributed by atoms with Crippen LogP contribution in [0.5, 0.6) is 17.2 Å². The molecule has 1 heterocycles. The zero-order valence-electron chi connectivity index (χ0n) is 18.5. The second-order valence-electron chi connectivity index (χ2n) is 7.11. The molecule has 32 heavy (non-hydrogen) atoms. The van der Waals surface area contributed by atoms with Gasteiger partial charge in [-0.15, -0.1) is 0 Å². The van der Waals surface area contributed by atoms with E-state index in [1.54, 1.807) is 67.7 Å². The Morgan fingerprint density at radius 3 is 2.06 bits per heavy atom. The summed E-state index contributed by atoms with van der Waals surface area (Å²) < 4.78 is 43.1. The molecule has 172 valence electrons. The molecule has 1 aliphatic rings. The van der Waals surface area contributed by atoms with Crippen molar-refractivity contribution in [2.45, 2.75) is 11.8 Å². The first-order valence-corrected chi connectivity index (χ1v) is 11.7. The molecule has 1 aliphatic heterocycles. The van der Waals surface area contributed by atoms with Gasteiger partial charge in [0.05, 0.1) is 25.7 Å². The lowest BCUT2D eigenvalue weighted by molar-refractivity contribution is -0.127. The lowest BCUT2D eigenvalue weighted by Gasteiger charge is -2.33. The molecule has 0 unspecified atom stereocenters. The number of methoxy groups -OCH3 is 2. The van der Waals surface area contributed by atoms with Gasteiger partial charge in [-0.05, 0) is 55.0 Å². The standard InChI is InChI=1S/C23H28N2O6S/c1-4-31-19-6-8-22(9-7-19)32(27,28)25-13-11-24(12-14-25)23(26)10-5-18-15-20(29-2)17-21(16-18)30-3/h5-10,15-17H,4,11-14H2,1-3H3/b10-5+. The van der Waals surface area contributed by atoms with Gasteiger partial charge in [0.15, 0.2) is 0 Å². The fourth-order valence-corrected chi connectivity index (χ4v) is 4.79. The van der Waals surface area contributed by atoms with E-state index in [0.717, 1.165) is 5.56 Å². The van der Waals surface area contributed by atoms with Gasteiger partial charge in [-0.2, -0.15) is 4.31 Å². The van der Waals surface area contributed by atoms with Gasteiger partial charge in [0.2, 0.25) is 15.9 Å². The summed E-state index contributed by atoms with van der Waals surface area (Å²) in [5.41, 5.74) is 0.770. The molecule has 1 fully saturated rings. The van der Waals surface area contributed by atoms with E-state index >= 15 is 0 Å². The molecule has 0 N–H and O–H groups in total. The van der Waals surface area contributed by atoms with Gasteiger partial charge < -0.3 is 19.1 Å². The molecule has 9 heteroatoms. The molecular formula is C23H28N2O6S. The van der Waals surface area contributed by atoms with Crippen molar-refractivity contribution in [2.24, 2.45) is 0 Å². The predicted molar refractivity (Wildman–Crippen MR) is 122 cm³/mol. The zero-order valence-corrected chi connectivity index (χ0v) is 19.3.